The van der Waals surface area contributed by atoms with Gasteiger partial charge in [0.15, 0.2) is 5.96 Å². The molecule has 0 radical (unpaired) electrons. The van der Waals surface area contributed by atoms with Crippen molar-refractivity contribution in [3.8, 4) is 0 Å². The van der Waals surface area contributed by atoms with Crippen molar-refractivity contribution in [1.29, 1.82) is 0 Å². The molecule has 32 heavy (non-hydrogen) atoms. The highest BCUT2D eigenvalue weighted by molar-refractivity contribution is 14.0. The third-order valence-electron chi connectivity index (χ3n) is 5.77. The topological polar surface area (TPSA) is 64.7 Å². The van der Waals surface area contributed by atoms with E-state index >= 15 is 0 Å². The van der Waals surface area contributed by atoms with Crippen molar-refractivity contribution in [2.24, 2.45) is 4.99 Å². The van der Waals surface area contributed by atoms with E-state index in [9.17, 15) is 4.39 Å². The van der Waals surface area contributed by atoms with E-state index in [4.69, 9.17) is 4.74 Å². The number of halogens is 2. The van der Waals surface area contributed by atoms with E-state index < -0.39 is 0 Å². The first-order valence-corrected chi connectivity index (χ1v) is 10.8. The zero-order chi connectivity index (χ0) is 21.5. The van der Waals surface area contributed by atoms with Crippen molar-refractivity contribution in [3.63, 3.8) is 0 Å². The van der Waals surface area contributed by atoms with Crippen LogP contribution in [0.5, 0.6) is 0 Å². The molecule has 2 heterocycles. The van der Waals surface area contributed by atoms with E-state index in [0.717, 1.165) is 43.1 Å². The van der Waals surface area contributed by atoms with Crippen LogP contribution in [0.1, 0.15) is 17.2 Å². The zero-order valence-corrected chi connectivity index (χ0v) is 20.6. The lowest BCUT2D eigenvalue weighted by atomic mass is 10.0. The fraction of sp³-hybridized carbons (Fsp3) is 0.375. The Morgan fingerprint density at radius 2 is 1.97 bits per heavy atom. The average molecular weight is 551 g/mol. The van der Waals surface area contributed by atoms with Gasteiger partial charge < -0.3 is 20.4 Å². The summed E-state index contributed by atoms with van der Waals surface area (Å²) in [4.78, 5) is 10.0. The van der Waals surface area contributed by atoms with Gasteiger partial charge in [0.2, 0.25) is 0 Å². The van der Waals surface area contributed by atoms with Crippen LogP contribution in [0.15, 0.2) is 59.7 Å². The molecule has 3 N–H and O–H groups in total. The number of nitrogens with one attached hydrogen (secondary N) is 3. The molecule has 0 saturated carbocycles. The number of morpholine rings is 1. The lowest BCUT2D eigenvalue weighted by molar-refractivity contribution is 0.0169. The number of benzene rings is 2. The lowest BCUT2D eigenvalue weighted by Crippen LogP contribution is -2.46. The molecule has 1 unspecified atom stereocenters. The van der Waals surface area contributed by atoms with Crippen molar-refractivity contribution in [2.45, 2.75) is 12.5 Å². The molecule has 4 rings (SSSR count). The predicted octanol–water partition coefficient (Wildman–Crippen LogP) is 3.71. The summed E-state index contributed by atoms with van der Waals surface area (Å²) < 4.78 is 19.4. The molecule has 8 heteroatoms. The molecular formula is C24H31FIN5O. The highest BCUT2D eigenvalue weighted by Crippen LogP contribution is 2.22. The Hall–Kier alpha value is -2.17. The van der Waals surface area contributed by atoms with Crippen LogP contribution in [0.25, 0.3) is 10.9 Å². The first-order valence-electron chi connectivity index (χ1n) is 10.8. The molecule has 0 spiro atoms. The van der Waals surface area contributed by atoms with Gasteiger partial charge >= 0.3 is 0 Å². The number of para-hydroxylation sites is 1. The van der Waals surface area contributed by atoms with Crippen LogP contribution in [-0.4, -0.2) is 62.3 Å². The molecule has 0 bridgehead atoms. The SMILES string of the molecule is CN=C(NCCc1c[nH]c2ccccc12)NCC(c1cccc(F)c1)N1CCOCC1.I. The minimum atomic E-state index is -0.211. The highest BCUT2D eigenvalue weighted by atomic mass is 127. The Morgan fingerprint density at radius 1 is 1.16 bits per heavy atom. The molecular weight excluding hydrogens is 520 g/mol. The van der Waals surface area contributed by atoms with E-state index in [-0.39, 0.29) is 35.8 Å². The maximum atomic E-state index is 13.9. The normalized spacial score (nSPS) is 15.9. The third kappa shape index (κ3) is 6.20. The van der Waals surface area contributed by atoms with Crippen LogP contribution in [0.3, 0.4) is 0 Å². The van der Waals surface area contributed by atoms with Gasteiger partial charge in [-0.1, -0.05) is 30.3 Å². The Morgan fingerprint density at radius 3 is 2.75 bits per heavy atom. The Kier molecular flexibility index (Phi) is 9.31. The first-order chi connectivity index (χ1) is 15.2. The molecule has 3 aromatic rings. The number of rotatable bonds is 7. The van der Waals surface area contributed by atoms with Crippen LogP contribution < -0.4 is 10.6 Å². The summed E-state index contributed by atoms with van der Waals surface area (Å²) in [5.41, 5.74) is 3.40. The Bertz CT molecular complexity index is 1020. The van der Waals surface area contributed by atoms with Gasteiger partial charge in [0.05, 0.1) is 19.3 Å². The number of guanidine groups is 1. The fourth-order valence-electron chi connectivity index (χ4n) is 4.13. The van der Waals surface area contributed by atoms with Crippen molar-refractivity contribution < 1.29 is 9.13 Å². The summed E-state index contributed by atoms with van der Waals surface area (Å²) in [5.74, 6) is 0.534. The minimum Gasteiger partial charge on any atom is -0.379 e. The van der Waals surface area contributed by atoms with Gasteiger partial charge in [-0.3, -0.25) is 9.89 Å². The monoisotopic (exact) mass is 551 g/mol. The van der Waals surface area contributed by atoms with E-state index in [1.165, 1.54) is 17.0 Å². The van der Waals surface area contributed by atoms with Gasteiger partial charge in [-0.2, -0.15) is 0 Å². The standard InChI is InChI=1S/C24H30FN5O.HI/c1-26-24(27-10-9-19-16-28-22-8-3-2-7-21(19)22)29-17-23(30-11-13-31-14-12-30)18-5-4-6-20(25)15-18;/h2-8,15-16,23,28H,9-14,17H2,1H3,(H2,26,27,29);1H. The van der Waals surface area contributed by atoms with Gasteiger partial charge in [0.1, 0.15) is 5.82 Å². The van der Waals surface area contributed by atoms with Gasteiger partial charge in [0, 0.05) is 50.3 Å². The summed E-state index contributed by atoms with van der Waals surface area (Å²) >= 11 is 0. The zero-order valence-electron chi connectivity index (χ0n) is 18.3. The van der Waals surface area contributed by atoms with Crippen molar-refractivity contribution >= 4 is 40.8 Å². The van der Waals surface area contributed by atoms with Crippen LogP contribution in [0.2, 0.25) is 0 Å². The van der Waals surface area contributed by atoms with Crippen LogP contribution in [0, 0.1) is 5.82 Å². The summed E-state index contributed by atoms with van der Waals surface area (Å²) in [6, 6.07) is 15.2. The summed E-state index contributed by atoms with van der Waals surface area (Å²) in [5, 5.41) is 8.08. The number of fused-ring (bicyclic) bond motifs is 1. The number of aromatic amines is 1. The molecule has 1 fully saturated rings. The Labute approximate surface area is 205 Å². The summed E-state index contributed by atoms with van der Waals surface area (Å²) in [6.45, 7) is 4.46. The van der Waals surface area contributed by atoms with Crippen molar-refractivity contribution in [3.05, 3.63) is 71.7 Å². The second kappa shape index (κ2) is 12.2. The second-order valence-electron chi connectivity index (χ2n) is 7.71. The molecule has 2 aromatic carbocycles. The van der Waals surface area contributed by atoms with E-state index in [1.54, 1.807) is 19.2 Å². The summed E-state index contributed by atoms with van der Waals surface area (Å²) in [6.07, 6.45) is 2.96. The quantitative estimate of drug-likeness (QED) is 0.238. The molecule has 0 amide bonds. The van der Waals surface area contributed by atoms with Crippen LogP contribution in [0.4, 0.5) is 4.39 Å². The van der Waals surface area contributed by atoms with Crippen molar-refractivity contribution in [1.82, 2.24) is 20.5 Å². The highest BCUT2D eigenvalue weighted by Gasteiger charge is 2.23. The molecule has 0 aliphatic carbocycles. The maximum Gasteiger partial charge on any atom is 0.191 e. The third-order valence-corrected chi connectivity index (χ3v) is 5.77. The molecule has 1 saturated heterocycles. The van der Waals surface area contributed by atoms with E-state index in [1.807, 2.05) is 12.1 Å². The smallest absolute Gasteiger partial charge is 0.191 e. The molecule has 6 nitrogen and oxygen atoms in total. The number of aliphatic imine (C=N–C) groups is 1. The second-order valence-corrected chi connectivity index (χ2v) is 7.71. The fourth-order valence-corrected chi connectivity index (χ4v) is 4.13. The van der Waals surface area contributed by atoms with Crippen molar-refractivity contribution in [2.75, 3.05) is 46.4 Å². The number of hydrogen-bond donors (Lipinski definition) is 3. The molecule has 172 valence electrons. The van der Waals surface area contributed by atoms with E-state index in [0.29, 0.717) is 19.8 Å². The number of ether oxygens (including phenoxy) is 1. The first kappa shape index (κ1) is 24.5. The average Bonchev–Trinajstić information content (AvgIpc) is 3.22. The van der Waals surface area contributed by atoms with E-state index in [2.05, 4.69) is 49.9 Å². The predicted molar refractivity (Wildman–Crippen MR) is 138 cm³/mol. The maximum absolute atomic E-state index is 13.9. The Balaban J connectivity index is 0.00000289. The molecule has 1 atom stereocenters. The number of aromatic nitrogens is 1. The van der Waals surface area contributed by atoms with Crippen LogP contribution >= 0.6 is 24.0 Å². The van der Waals surface area contributed by atoms with Gasteiger partial charge in [0.25, 0.3) is 0 Å². The van der Waals surface area contributed by atoms with Gasteiger partial charge in [-0.25, -0.2) is 4.39 Å². The molecule has 1 aliphatic rings. The lowest BCUT2D eigenvalue weighted by Gasteiger charge is -2.35. The van der Waals surface area contributed by atoms with Gasteiger partial charge in [-0.05, 0) is 35.7 Å². The minimum absolute atomic E-state index is 0. The van der Waals surface area contributed by atoms with Crippen LogP contribution in [-0.2, 0) is 11.2 Å². The number of hydrogen-bond acceptors (Lipinski definition) is 3. The molecule has 1 aliphatic heterocycles. The number of nitrogens with zero attached hydrogens (tertiary/aromatic N) is 2. The molecule has 1 aromatic heterocycles. The number of H-pyrrole nitrogens is 1. The summed E-state index contributed by atoms with van der Waals surface area (Å²) in [7, 11) is 1.77. The van der Waals surface area contributed by atoms with Gasteiger partial charge in [-0.15, -0.1) is 24.0 Å². The largest absolute Gasteiger partial charge is 0.379 e.